The molecule has 0 aliphatic heterocycles. The highest BCUT2D eigenvalue weighted by Crippen LogP contribution is 2.25. The maximum atomic E-state index is 13.1. The van der Waals surface area contributed by atoms with E-state index < -0.39 is 0 Å². The van der Waals surface area contributed by atoms with Gasteiger partial charge in [0.2, 0.25) is 5.16 Å². The molecule has 0 saturated heterocycles. The number of anilines is 1. The Hall–Kier alpha value is -3.65. The first-order chi connectivity index (χ1) is 16.0. The summed E-state index contributed by atoms with van der Waals surface area (Å²) in [7, 11) is 0. The van der Waals surface area contributed by atoms with Crippen molar-refractivity contribution in [1.82, 2.24) is 24.1 Å². The van der Waals surface area contributed by atoms with Gasteiger partial charge in [0.1, 0.15) is 0 Å². The van der Waals surface area contributed by atoms with Crippen LogP contribution in [0.25, 0.3) is 16.7 Å². The molecule has 0 aliphatic rings. The van der Waals surface area contributed by atoms with Crippen molar-refractivity contribution in [3.8, 4) is 0 Å². The maximum absolute atomic E-state index is 13.1. The van der Waals surface area contributed by atoms with E-state index in [9.17, 15) is 4.79 Å². The molecule has 0 atom stereocenters. The third-order valence-electron chi connectivity index (χ3n) is 5.59. The molecule has 2 aromatic carbocycles. The quantitative estimate of drug-likeness (QED) is 0.353. The number of hydrogen-bond acceptors (Lipinski definition) is 5. The molecule has 0 spiro atoms. The lowest BCUT2D eigenvalue weighted by Crippen LogP contribution is -2.14. The fourth-order valence-corrected chi connectivity index (χ4v) is 4.79. The minimum absolute atomic E-state index is 0.128. The molecular weight excluding hydrogens is 432 g/mol. The topological polar surface area (TPSA) is 77.1 Å². The van der Waals surface area contributed by atoms with Gasteiger partial charge in [-0.3, -0.25) is 4.79 Å². The van der Waals surface area contributed by atoms with Gasteiger partial charge in [-0.15, -0.1) is 5.10 Å². The largest absolute Gasteiger partial charge is 0.348 e. The smallest absolute Gasteiger partial charge is 0.255 e. The predicted molar refractivity (Wildman–Crippen MR) is 132 cm³/mol. The lowest BCUT2D eigenvalue weighted by molar-refractivity contribution is 0.102. The summed E-state index contributed by atoms with van der Waals surface area (Å²) in [6.45, 7) is 6.96. The molecule has 8 heteroatoms. The van der Waals surface area contributed by atoms with Gasteiger partial charge in [-0.25, -0.2) is 9.50 Å². The number of nitrogens with one attached hydrogen (secondary N) is 1. The van der Waals surface area contributed by atoms with Gasteiger partial charge < -0.3 is 9.88 Å². The van der Waals surface area contributed by atoms with Crippen LogP contribution in [0.2, 0.25) is 0 Å². The third kappa shape index (κ3) is 4.21. The third-order valence-corrected chi connectivity index (χ3v) is 6.47. The van der Waals surface area contributed by atoms with Gasteiger partial charge >= 0.3 is 0 Å². The van der Waals surface area contributed by atoms with Crippen molar-refractivity contribution >= 4 is 40.0 Å². The first-order valence-corrected chi connectivity index (χ1v) is 11.8. The van der Waals surface area contributed by atoms with Gasteiger partial charge in [-0.1, -0.05) is 30.0 Å². The second kappa shape index (κ2) is 8.71. The molecule has 0 aliphatic carbocycles. The average Bonchev–Trinajstić information content (AvgIpc) is 3.41. The standard InChI is InChI=1S/C25H24N6OS/c1-4-30-12-11-18-14-20(9-10-22(18)30)27-23(32)21-8-6-5-7-19(21)15-33-25-28-24-26-16(2)13-17(3)31(24)29-25/h5-14H,4,15H2,1-3H3,(H,27,32). The average molecular weight is 457 g/mol. The molecule has 3 heterocycles. The van der Waals surface area contributed by atoms with Crippen LogP contribution in [0.4, 0.5) is 5.69 Å². The Balaban J connectivity index is 1.34. The van der Waals surface area contributed by atoms with E-state index in [-0.39, 0.29) is 5.91 Å². The Morgan fingerprint density at radius 3 is 2.76 bits per heavy atom. The van der Waals surface area contributed by atoms with Crippen LogP contribution < -0.4 is 5.32 Å². The maximum Gasteiger partial charge on any atom is 0.255 e. The number of fused-ring (bicyclic) bond motifs is 2. The molecule has 7 nitrogen and oxygen atoms in total. The number of hydrogen-bond donors (Lipinski definition) is 1. The number of aromatic nitrogens is 5. The van der Waals surface area contributed by atoms with Crippen molar-refractivity contribution in [1.29, 1.82) is 0 Å². The zero-order chi connectivity index (χ0) is 22.9. The first-order valence-electron chi connectivity index (χ1n) is 10.8. The molecule has 1 amide bonds. The van der Waals surface area contributed by atoms with E-state index in [1.54, 1.807) is 4.52 Å². The number of benzene rings is 2. The minimum Gasteiger partial charge on any atom is -0.348 e. The summed E-state index contributed by atoms with van der Waals surface area (Å²) in [5.41, 5.74) is 5.41. The second-order valence-electron chi connectivity index (χ2n) is 7.92. The molecule has 5 rings (SSSR count). The Bertz CT molecular complexity index is 1490. The molecule has 5 aromatic rings. The van der Waals surface area contributed by atoms with Crippen molar-refractivity contribution in [3.63, 3.8) is 0 Å². The van der Waals surface area contributed by atoms with Crippen molar-refractivity contribution in [2.24, 2.45) is 0 Å². The molecular formula is C25H24N6OS. The minimum atomic E-state index is -0.128. The number of aryl methyl sites for hydroxylation is 3. The highest BCUT2D eigenvalue weighted by molar-refractivity contribution is 7.98. The fourth-order valence-electron chi connectivity index (χ4n) is 3.97. The molecule has 0 unspecified atom stereocenters. The highest BCUT2D eigenvalue weighted by atomic mass is 32.2. The number of carbonyl (C=O) groups excluding carboxylic acids is 1. The Labute approximate surface area is 195 Å². The van der Waals surface area contributed by atoms with Crippen molar-refractivity contribution in [2.75, 3.05) is 5.32 Å². The number of rotatable bonds is 6. The van der Waals surface area contributed by atoms with E-state index in [2.05, 4.69) is 44.1 Å². The van der Waals surface area contributed by atoms with Crippen molar-refractivity contribution < 1.29 is 4.79 Å². The number of thioether (sulfide) groups is 1. The summed E-state index contributed by atoms with van der Waals surface area (Å²) >= 11 is 1.49. The van der Waals surface area contributed by atoms with Gasteiger partial charge in [0, 0.05) is 52.0 Å². The van der Waals surface area contributed by atoms with Gasteiger partial charge in [-0.05, 0) is 62.7 Å². The van der Waals surface area contributed by atoms with E-state index in [4.69, 9.17) is 0 Å². The Morgan fingerprint density at radius 1 is 1.06 bits per heavy atom. The van der Waals surface area contributed by atoms with Gasteiger partial charge in [0.25, 0.3) is 11.7 Å². The predicted octanol–water partition coefficient (Wildman–Crippen LogP) is 5.26. The summed E-state index contributed by atoms with van der Waals surface area (Å²) in [6.07, 6.45) is 2.06. The summed E-state index contributed by atoms with van der Waals surface area (Å²) in [6, 6.07) is 17.7. The molecule has 33 heavy (non-hydrogen) atoms. The van der Waals surface area contributed by atoms with Crippen molar-refractivity contribution in [3.05, 3.63) is 83.3 Å². The van der Waals surface area contributed by atoms with Crippen LogP contribution in [0.3, 0.4) is 0 Å². The molecule has 0 bridgehead atoms. The summed E-state index contributed by atoms with van der Waals surface area (Å²) in [5.74, 6) is 1.04. The first kappa shape index (κ1) is 21.2. The van der Waals surface area contributed by atoms with Crippen molar-refractivity contribution in [2.45, 2.75) is 38.2 Å². The van der Waals surface area contributed by atoms with Gasteiger partial charge in [0.15, 0.2) is 0 Å². The van der Waals surface area contributed by atoms with Crippen LogP contribution in [0.1, 0.15) is 34.2 Å². The van der Waals surface area contributed by atoms with E-state index in [0.717, 1.165) is 40.1 Å². The fraction of sp³-hybridized carbons (Fsp3) is 0.200. The van der Waals surface area contributed by atoms with Crippen LogP contribution in [0.5, 0.6) is 0 Å². The zero-order valence-corrected chi connectivity index (χ0v) is 19.6. The van der Waals surface area contributed by atoms with E-state index >= 15 is 0 Å². The molecule has 1 N–H and O–H groups in total. The molecule has 0 saturated carbocycles. The van der Waals surface area contributed by atoms with E-state index in [1.807, 2.05) is 62.4 Å². The normalized spacial score (nSPS) is 11.4. The van der Waals surface area contributed by atoms with Gasteiger partial charge in [0.05, 0.1) is 0 Å². The Kier molecular flexibility index (Phi) is 5.60. The highest BCUT2D eigenvalue weighted by Gasteiger charge is 2.14. The number of nitrogens with zero attached hydrogens (tertiary/aromatic N) is 5. The molecule has 166 valence electrons. The SMILES string of the molecule is CCn1ccc2cc(NC(=O)c3ccccc3CSc3nc4nc(C)cc(C)n4n3)ccc21. The van der Waals surface area contributed by atoms with Crippen LogP contribution in [-0.4, -0.2) is 30.1 Å². The molecule has 3 aromatic heterocycles. The lowest BCUT2D eigenvalue weighted by atomic mass is 10.1. The monoisotopic (exact) mass is 456 g/mol. The van der Waals surface area contributed by atoms with Crippen LogP contribution in [-0.2, 0) is 12.3 Å². The van der Waals surface area contributed by atoms with Crippen LogP contribution in [0.15, 0.2) is 66.0 Å². The number of carbonyl (C=O) groups is 1. The summed E-state index contributed by atoms with van der Waals surface area (Å²) in [5, 5.41) is 9.34. The van der Waals surface area contributed by atoms with E-state index in [1.165, 1.54) is 11.8 Å². The van der Waals surface area contributed by atoms with Gasteiger partial charge in [-0.2, -0.15) is 4.98 Å². The summed E-state index contributed by atoms with van der Waals surface area (Å²) < 4.78 is 3.93. The molecule has 0 fully saturated rings. The number of amides is 1. The molecule has 0 radical (unpaired) electrons. The second-order valence-corrected chi connectivity index (χ2v) is 8.86. The van der Waals surface area contributed by atoms with Crippen LogP contribution >= 0.6 is 11.8 Å². The summed E-state index contributed by atoms with van der Waals surface area (Å²) in [4.78, 5) is 22.1. The lowest BCUT2D eigenvalue weighted by Gasteiger charge is -2.10. The van der Waals surface area contributed by atoms with Crippen LogP contribution in [0, 0.1) is 13.8 Å². The Morgan fingerprint density at radius 2 is 1.91 bits per heavy atom. The zero-order valence-electron chi connectivity index (χ0n) is 18.7. The van der Waals surface area contributed by atoms with E-state index in [0.29, 0.717) is 22.3 Å².